The molecule has 0 amide bonds. The second-order valence-electron chi connectivity index (χ2n) is 36.2. The van der Waals surface area contributed by atoms with Crippen LogP contribution < -0.4 is 98.9 Å². The molecule has 5 aromatic carbocycles. The van der Waals surface area contributed by atoms with Crippen molar-refractivity contribution in [3.8, 4) is 0 Å². The number of alkyl halides is 1. The summed E-state index contributed by atoms with van der Waals surface area (Å²) < 4.78 is 16.9. The molecule has 0 aliphatic carbocycles. The van der Waals surface area contributed by atoms with Gasteiger partial charge in [-0.05, 0) is 215 Å². The quantitative estimate of drug-likeness (QED) is 0.0434. The molecule has 98 heavy (non-hydrogen) atoms. The number of hydrogen-bond acceptors (Lipinski definition) is 10. The van der Waals surface area contributed by atoms with Gasteiger partial charge in [0, 0.05) is 22.8 Å². The van der Waals surface area contributed by atoms with E-state index in [9.17, 15) is 35.7 Å². The average molecular weight is 1510 g/mol. The van der Waals surface area contributed by atoms with Crippen LogP contribution in [0.4, 0.5) is 0 Å². The minimum Gasteiger partial charge on any atom is -1.00 e. The third-order valence-corrected chi connectivity index (χ3v) is 17.5. The number of benzene rings is 5. The number of rotatable bonds is 13. The Labute approximate surface area is 683 Å². The Hall–Kier alpha value is -0.570. The molecule has 0 atom stereocenters. The summed E-state index contributed by atoms with van der Waals surface area (Å²) in [5.74, 6) is 0. The Bertz CT molecular complexity index is 2730. The first kappa shape index (κ1) is 104. The monoisotopic (exact) mass is 1500 g/mol. The molecule has 0 aliphatic heterocycles. The first-order valence-corrected chi connectivity index (χ1v) is 35.8. The first-order chi connectivity index (χ1) is 41.8. The second kappa shape index (κ2) is 37.8. The molecule has 0 fully saturated rings. The van der Waals surface area contributed by atoms with Gasteiger partial charge in [-0.1, -0.05) is 267 Å². The van der Waals surface area contributed by atoms with Crippen LogP contribution in [0.3, 0.4) is 0 Å². The van der Waals surface area contributed by atoms with Gasteiger partial charge in [-0.2, -0.15) is 0 Å². The maximum Gasteiger partial charge on any atom is 1.00 e. The van der Waals surface area contributed by atoms with E-state index in [2.05, 4.69) is 184 Å². The largest absolute Gasteiger partial charge is 1.00 e. The number of ether oxygens (including phenoxy) is 3. The minimum atomic E-state index is -1.15. The number of aliphatic hydroxyl groups is 5. The molecular weight excluding hydrogens is 1360 g/mol. The number of halogens is 1. The van der Waals surface area contributed by atoms with Gasteiger partial charge in [-0.25, -0.2) is 0 Å². The third kappa shape index (κ3) is 33.9. The second-order valence-corrected chi connectivity index (χ2v) is 36.2. The van der Waals surface area contributed by atoms with Crippen LogP contribution in [0, 0.1) is 0 Å². The van der Waals surface area contributed by atoms with Crippen molar-refractivity contribution in [2.45, 2.75) is 325 Å². The van der Waals surface area contributed by atoms with Gasteiger partial charge in [0.1, 0.15) is 0 Å². The van der Waals surface area contributed by atoms with Gasteiger partial charge in [0.2, 0.25) is 0 Å². The summed E-state index contributed by atoms with van der Waals surface area (Å²) in [5.41, 5.74) is 7.21. The third-order valence-electron chi connectivity index (χ3n) is 17.5. The van der Waals surface area contributed by atoms with Crippen molar-refractivity contribution in [1.29, 1.82) is 0 Å². The van der Waals surface area contributed by atoms with Gasteiger partial charge in [0.15, 0.2) is 0 Å². The zero-order valence-corrected chi connectivity index (χ0v) is 78.5. The Kier molecular flexibility index (Phi) is 40.0. The molecule has 10 nitrogen and oxygen atoms in total. The summed E-state index contributed by atoms with van der Waals surface area (Å²) in [6.45, 7) is 69.1. The summed E-state index contributed by atoms with van der Waals surface area (Å²) in [7, 11) is 5.23. The van der Waals surface area contributed by atoms with Crippen LogP contribution in [0.1, 0.15) is 329 Å². The van der Waals surface area contributed by atoms with E-state index in [0.717, 1.165) is 61.2 Å². The molecule has 0 unspecified atom stereocenters. The van der Waals surface area contributed by atoms with E-state index in [-0.39, 0.29) is 135 Å². The van der Waals surface area contributed by atoms with E-state index in [1.54, 1.807) is 104 Å². The normalized spacial score (nSPS) is 13.1. The van der Waals surface area contributed by atoms with Gasteiger partial charge in [0.05, 0.1) is 44.8 Å². The van der Waals surface area contributed by atoms with Gasteiger partial charge < -0.3 is 51.4 Å². The van der Waals surface area contributed by atoms with E-state index in [0.29, 0.717) is 0 Å². The zero-order valence-electron chi connectivity index (χ0n) is 71.3. The predicted molar refractivity (Wildman–Crippen MR) is 411 cm³/mol. The van der Waals surface area contributed by atoms with E-state index < -0.39 is 39.2 Å². The van der Waals surface area contributed by atoms with Crippen LogP contribution in [0.25, 0.3) is 0 Å². The predicted octanol–water partition coefficient (Wildman–Crippen LogP) is 10.3. The molecule has 5 N–H and O–H groups in total. The van der Waals surface area contributed by atoms with E-state index in [1.807, 2.05) is 93.3 Å². The summed E-state index contributed by atoms with van der Waals surface area (Å²) in [5, 5.41) is 75.4. The maximum absolute atomic E-state index is 12.2. The Morgan fingerprint density at radius 3 is 0.459 bits per heavy atom. The molecule has 0 radical (unpaired) electrons. The van der Waals surface area contributed by atoms with Gasteiger partial charge in [0.25, 0.3) is 0 Å². The Balaban J connectivity index is -0.000000271. The number of hydrogen-bond donors (Lipinski definition) is 5. The summed E-state index contributed by atoms with van der Waals surface area (Å²) in [6.07, 6.45) is 0. The fourth-order valence-electron chi connectivity index (χ4n) is 9.16. The van der Waals surface area contributed by atoms with Crippen molar-refractivity contribution in [2.75, 3.05) is 26.3 Å². The Morgan fingerprint density at radius 2 is 0.337 bits per heavy atom. The van der Waals surface area contributed by atoms with Crippen LogP contribution in [0.2, 0.25) is 0 Å². The molecule has 0 spiro atoms. The van der Waals surface area contributed by atoms with Gasteiger partial charge in [-0.3, -0.25) is 0 Å². The summed E-state index contributed by atoms with van der Waals surface area (Å²) in [4.78, 5) is 1.97. The van der Waals surface area contributed by atoms with Crippen LogP contribution in [-0.4, -0.2) is 51.8 Å². The van der Waals surface area contributed by atoms with E-state index in [4.69, 9.17) is 14.2 Å². The summed E-state index contributed by atoms with van der Waals surface area (Å²) >= 11 is 2.15. The van der Waals surface area contributed by atoms with Gasteiger partial charge in [-0.15, -0.1) is 0 Å². The molecule has 0 bridgehead atoms. The molecule has 0 heterocycles. The molecule has 0 saturated carbocycles. The van der Waals surface area contributed by atoms with Crippen molar-refractivity contribution in [3.63, 3.8) is 0 Å². The molecular formula is C84H140INa3O10. The number of methoxy groups -OCH3 is 3. The zero-order chi connectivity index (χ0) is 75.9. The standard InChI is InChI=1S/C18H30O2.C17H28O2.C16H26O2.2C16H25O2.CH3I.3Na.H2.H/c1-16(2,3)13-10-14(17(4,5)19-8)12-15(11-13)18(6,7)20-9;1-15(2,3)12-9-13(16(4,5)18)11-14(10-12)17(6,7)19-8;3*1-14(2,3)11-8-12(15(4,5)17)10-13(9-11)16(6,7)18;1-2;;;;;/h10-12H,1-9H3;9-11,18H,1-8H3;8-10,17-18H,1-7H3;2*8-10,17H,1-7H3;1H3;;;;1H;/q;;;2*-1;;3*+1;;-1. The molecule has 0 saturated heterocycles. The van der Waals surface area contributed by atoms with Crippen molar-refractivity contribution in [3.05, 3.63) is 174 Å². The topological polar surface area (TPSA) is 175 Å². The fourth-order valence-corrected chi connectivity index (χ4v) is 9.16. The van der Waals surface area contributed by atoms with Crippen LogP contribution in [-0.2, 0) is 97.3 Å². The van der Waals surface area contributed by atoms with E-state index >= 15 is 0 Å². The average Bonchev–Trinajstić information content (AvgIpc) is 0.819. The fraction of sp³-hybridized carbons (Fsp3) is 0.643. The first-order valence-electron chi connectivity index (χ1n) is 33.7. The molecule has 5 rings (SSSR count). The van der Waals surface area contributed by atoms with Crippen molar-refractivity contribution >= 4 is 22.6 Å². The van der Waals surface area contributed by atoms with Crippen LogP contribution >= 0.6 is 22.6 Å². The molecule has 546 valence electrons. The van der Waals surface area contributed by atoms with Crippen molar-refractivity contribution in [2.24, 2.45) is 0 Å². The molecule has 0 aromatic heterocycles. The molecule has 0 aliphatic rings. The summed E-state index contributed by atoms with van der Waals surface area (Å²) in [6, 6.07) is 30.5. The SMILES string of the molecule is CC(C)(C)c1cc(C(C)(C)O)cc(C(C)(C)O)c1.CC(C)(C)c1cc(C(C)(C)[O-])cc(C(C)(C)O)c1.CC(C)(C)c1cc(C(C)(C)[O-])cc(C(C)(C)O)c1.CI.COC(C)(C)c1cc(C(C)(C)C)cc(C(C)(C)O)c1.COC(C)(C)c1cc(C(C)(C)C)cc(C(C)(C)OC)c1.[H-].[HH].[Na+].[Na+].[Na+]. The van der Waals surface area contributed by atoms with Crippen molar-refractivity contribution < 1.29 is 141 Å². The smallest absolute Gasteiger partial charge is 1.00 e. The maximum atomic E-state index is 12.2. The molecule has 14 heteroatoms. The van der Waals surface area contributed by atoms with Crippen LogP contribution in [0.5, 0.6) is 0 Å². The van der Waals surface area contributed by atoms with Crippen molar-refractivity contribution in [1.82, 2.24) is 0 Å². The Morgan fingerprint density at radius 1 is 0.235 bits per heavy atom. The minimum absolute atomic E-state index is 0. The van der Waals surface area contributed by atoms with Crippen LogP contribution in [0.15, 0.2) is 91.0 Å². The van der Waals surface area contributed by atoms with Gasteiger partial charge >= 0.3 is 88.7 Å². The molecule has 5 aromatic rings. The van der Waals surface area contributed by atoms with E-state index in [1.165, 1.54) is 22.3 Å².